The van der Waals surface area contributed by atoms with Crippen LogP contribution in [0.2, 0.25) is 0 Å². The summed E-state index contributed by atoms with van der Waals surface area (Å²) < 4.78 is 4.84. The third-order valence-corrected chi connectivity index (χ3v) is 5.77. The Bertz CT molecular complexity index is 1450. The molecule has 0 spiro atoms. The minimum atomic E-state index is -0.444. The number of hydrogen-bond acceptors (Lipinski definition) is 5. The van der Waals surface area contributed by atoms with Gasteiger partial charge in [0.15, 0.2) is 0 Å². The van der Waals surface area contributed by atoms with Gasteiger partial charge in [0.2, 0.25) is 0 Å². The van der Waals surface area contributed by atoms with Crippen molar-refractivity contribution in [3.8, 4) is 0 Å². The van der Waals surface area contributed by atoms with E-state index < -0.39 is 17.7 Å². The van der Waals surface area contributed by atoms with Gasteiger partial charge in [0, 0.05) is 52.7 Å². The van der Waals surface area contributed by atoms with Gasteiger partial charge >= 0.3 is 0 Å². The van der Waals surface area contributed by atoms with Crippen LogP contribution in [0.4, 0.5) is 17.1 Å². The number of aromatic nitrogens is 3. The maximum atomic E-state index is 12.9. The Kier molecular flexibility index (Phi) is 10.3. The monoisotopic (exact) mass is 621 g/mol. The number of nitrogens with two attached hydrogens (primary N) is 1. The molecule has 4 amide bonds. The van der Waals surface area contributed by atoms with Crippen LogP contribution in [0, 0.1) is 5.41 Å². The van der Waals surface area contributed by atoms with Crippen molar-refractivity contribution < 1.29 is 19.2 Å². The molecule has 0 aromatic carbocycles. The Labute approximate surface area is 238 Å². The molecule has 39 heavy (non-hydrogen) atoms. The summed E-state index contributed by atoms with van der Waals surface area (Å²) in [6.45, 7) is 3.73. The number of halogens is 2. The largest absolute Gasteiger partial charge is 0.388 e. The Hall–Kier alpha value is -4.30. The fraction of sp³-hybridized carbons (Fsp3) is 0.208. The van der Waals surface area contributed by atoms with Crippen molar-refractivity contribution >= 4 is 74.9 Å². The fourth-order valence-electron chi connectivity index (χ4n) is 3.57. The fourth-order valence-corrected chi connectivity index (χ4v) is 3.67. The third kappa shape index (κ3) is 7.85. The van der Waals surface area contributed by atoms with E-state index in [9.17, 15) is 19.2 Å². The molecule has 0 unspecified atom stereocenters. The van der Waals surface area contributed by atoms with Crippen LogP contribution in [-0.2, 0) is 25.9 Å². The van der Waals surface area contributed by atoms with E-state index in [1.54, 1.807) is 53.4 Å². The molecule has 208 valence electrons. The summed E-state index contributed by atoms with van der Waals surface area (Å²) in [6, 6.07) is 4.57. The minimum Gasteiger partial charge on any atom is -0.388 e. The first-order chi connectivity index (χ1) is 17.8. The molecular weight excluding hydrogens is 594 g/mol. The molecule has 3 heterocycles. The van der Waals surface area contributed by atoms with Crippen LogP contribution in [0.3, 0.4) is 0 Å². The lowest BCUT2D eigenvalue weighted by molar-refractivity contribution is -0.112. The highest BCUT2D eigenvalue weighted by molar-refractivity contribution is 9.12. The lowest BCUT2D eigenvalue weighted by atomic mass is 10.3. The third-order valence-electron chi connectivity index (χ3n) is 5.41. The first kappa shape index (κ1) is 30.9. The van der Waals surface area contributed by atoms with Crippen molar-refractivity contribution in [1.29, 1.82) is 5.41 Å². The molecule has 0 bridgehead atoms. The summed E-state index contributed by atoms with van der Waals surface area (Å²) >= 11 is 3.00. The zero-order chi connectivity index (χ0) is 28.1. The average molecular weight is 623 g/mol. The van der Waals surface area contributed by atoms with Gasteiger partial charge in [0.05, 0.1) is 27.4 Å². The number of amidine groups is 1. The predicted molar refractivity (Wildman–Crippen MR) is 155 cm³/mol. The zero-order valence-corrected chi connectivity index (χ0v) is 23.8. The predicted octanol–water partition coefficient (Wildman–Crippen LogP) is 2.53. The van der Waals surface area contributed by atoms with Crippen LogP contribution >= 0.6 is 28.3 Å². The molecule has 0 aliphatic rings. The Balaban J connectivity index is 0.00000533. The molecule has 3 rings (SSSR count). The van der Waals surface area contributed by atoms with Crippen molar-refractivity contribution in [2.75, 3.05) is 22.5 Å². The first-order valence-corrected chi connectivity index (χ1v) is 12.0. The lowest BCUT2D eigenvalue weighted by Gasteiger charge is -2.04. The van der Waals surface area contributed by atoms with Gasteiger partial charge in [-0.1, -0.05) is 6.58 Å². The molecule has 0 atom stereocenters. The van der Waals surface area contributed by atoms with Crippen LogP contribution in [0.25, 0.3) is 0 Å². The summed E-state index contributed by atoms with van der Waals surface area (Å²) in [5.41, 5.74) is 7.40. The van der Waals surface area contributed by atoms with Gasteiger partial charge in [-0.3, -0.25) is 24.6 Å². The molecular formula is C24H29BrClN9O4. The average Bonchev–Trinajstić information content (AvgIpc) is 3.49. The summed E-state index contributed by atoms with van der Waals surface area (Å²) in [5, 5.41) is 18.0. The van der Waals surface area contributed by atoms with Crippen molar-refractivity contribution in [2.45, 2.75) is 6.42 Å². The van der Waals surface area contributed by atoms with Gasteiger partial charge in [0.1, 0.15) is 17.1 Å². The molecule has 0 aliphatic heterocycles. The second kappa shape index (κ2) is 13.0. The van der Waals surface area contributed by atoms with E-state index in [-0.39, 0.29) is 53.0 Å². The minimum absolute atomic E-state index is 0. The van der Waals surface area contributed by atoms with E-state index in [2.05, 4.69) is 43.8 Å². The second-order valence-corrected chi connectivity index (χ2v) is 9.43. The molecule has 3 aromatic heterocycles. The number of nitrogens with one attached hydrogen (secondary N) is 5. The van der Waals surface area contributed by atoms with Crippen LogP contribution in [-0.4, -0.2) is 49.7 Å². The van der Waals surface area contributed by atoms with Crippen molar-refractivity contribution in [3.05, 3.63) is 64.9 Å². The highest BCUT2D eigenvalue weighted by Gasteiger charge is 2.19. The number of carbonyl (C=O) groups excluding carboxylic acids is 4. The number of anilines is 3. The second-order valence-electron chi connectivity index (χ2n) is 8.47. The SMILES string of the molecule is C=C(Br)C(=O)Nc1cc(C(=O)Nc2cc(C(=O)Nc3cc(C(=O)NCCC(=N)N)n(C)c3)n(C)c2)n(C)c1.Cl. The molecule has 0 fully saturated rings. The highest BCUT2D eigenvalue weighted by atomic mass is 79.9. The topological polar surface area (TPSA) is 181 Å². The van der Waals surface area contributed by atoms with Gasteiger partial charge in [-0.25, -0.2) is 0 Å². The summed E-state index contributed by atoms with van der Waals surface area (Å²) in [7, 11) is 4.99. The molecule has 3 aromatic rings. The van der Waals surface area contributed by atoms with Gasteiger partial charge in [-0.15, -0.1) is 12.4 Å². The van der Waals surface area contributed by atoms with E-state index >= 15 is 0 Å². The number of carbonyl (C=O) groups is 4. The van der Waals surface area contributed by atoms with Gasteiger partial charge in [-0.05, 0) is 34.1 Å². The summed E-state index contributed by atoms with van der Waals surface area (Å²) in [4.78, 5) is 49.9. The molecule has 0 saturated carbocycles. The van der Waals surface area contributed by atoms with E-state index in [1.807, 2.05) is 0 Å². The molecule has 13 nitrogen and oxygen atoms in total. The smallest absolute Gasteiger partial charge is 0.272 e. The zero-order valence-electron chi connectivity index (χ0n) is 21.4. The first-order valence-electron chi connectivity index (χ1n) is 11.2. The lowest BCUT2D eigenvalue weighted by Crippen LogP contribution is -2.28. The van der Waals surface area contributed by atoms with E-state index in [1.165, 1.54) is 18.2 Å². The van der Waals surface area contributed by atoms with Crippen LogP contribution < -0.4 is 27.0 Å². The van der Waals surface area contributed by atoms with Gasteiger partial charge in [0.25, 0.3) is 23.6 Å². The molecule has 7 N–H and O–H groups in total. The number of rotatable bonds is 10. The number of nitrogens with zero attached hydrogens (tertiary/aromatic N) is 3. The van der Waals surface area contributed by atoms with Crippen LogP contribution in [0.15, 0.2) is 47.9 Å². The van der Waals surface area contributed by atoms with Crippen molar-refractivity contribution in [2.24, 2.45) is 26.9 Å². The summed E-state index contributed by atoms with van der Waals surface area (Å²) in [6.07, 6.45) is 5.01. The Morgan fingerprint density at radius 3 is 1.59 bits per heavy atom. The number of amides is 4. The van der Waals surface area contributed by atoms with E-state index in [0.717, 1.165) is 0 Å². The van der Waals surface area contributed by atoms with E-state index in [4.69, 9.17) is 11.1 Å². The van der Waals surface area contributed by atoms with Crippen molar-refractivity contribution in [1.82, 2.24) is 19.0 Å². The van der Waals surface area contributed by atoms with E-state index in [0.29, 0.717) is 22.8 Å². The Morgan fingerprint density at radius 2 is 1.21 bits per heavy atom. The quantitative estimate of drug-likeness (QED) is 0.115. The van der Waals surface area contributed by atoms with Gasteiger partial charge in [-0.2, -0.15) is 0 Å². The molecule has 0 radical (unpaired) electrons. The van der Waals surface area contributed by atoms with Gasteiger partial charge < -0.3 is 40.7 Å². The van der Waals surface area contributed by atoms with Crippen molar-refractivity contribution in [3.63, 3.8) is 0 Å². The Morgan fingerprint density at radius 1 is 0.821 bits per heavy atom. The summed E-state index contributed by atoms with van der Waals surface area (Å²) in [5.74, 6) is -1.70. The maximum Gasteiger partial charge on any atom is 0.272 e. The normalized spacial score (nSPS) is 10.3. The molecule has 15 heteroatoms. The molecule has 0 saturated heterocycles. The highest BCUT2D eigenvalue weighted by Crippen LogP contribution is 2.20. The van der Waals surface area contributed by atoms with Crippen LogP contribution in [0.1, 0.15) is 37.9 Å². The number of hydrogen-bond donors (Lipinski definition) is 6. The maximum absolute atomic E-state index is 12.9. The molecule has 0 aliphatic carbocycles. The number of aryl methyl sites for hydroxylation is 3. The van der Waals surface area contributed by atoms with Crippen LogP contribution in [0.5, 0.6) is 0 Å². The standard InChI is InChI=1S/C24H28BrN9O4.ClH/c1-13(25)21(35)29-14-8-18(33(3)10-14)23(37)31-16-9-19(34(4)12-16)24(38)30-15-7-17(32(2)11-15)22(36)28-6-5-20(26)27;/h7-12H,1,5-6H2,2-4H3,(H3,26,27)(H,28,36)(H,29,35)(H,30,38)(H,31,37);1H.